The molecule has 2 heterocycles. The number of fused-ring (bicyclic) bond motifs is 1. The van der Waals surface area contributed by atoms with E-state index >= 15 is 0 Å². The van der Waals surface area contributed by atoms with Crippen molar-refractivity contribution >= 4 is 6.21 Å². The third-order valence-corrected chi connectivity index (χ3v) is 1.95. The van der Waals surface area contributed by atoms with E-state index in [1.807, 2.05) is 50.2 Å². The first-order valence-corrected chi connectivity index (χ1v) is 4.86. The monoisotopic (exact) mass is 188 g/mol. The number of rotatable bonds is 0. The van der Waals surface area contributed by atoms with Crippen molar-refractivity contribution in [1.82, 2.24) is 4.90 Å². The molecular formula is C12H16N2. The van der Waals surface area contributed by atoms with E-state index in [-0.39, 0.29) is 0 Å². The van der Waals surface area contributed by atoms with Crippen molar-refractivity contribution in [2.24, 2.45) is 4.99 Å². The first-order chi connectivity index (χ1) is 6.77. The van der Waals surface area contributed by atoms with Crippen molar-refractivity contribution in [3.8, 4) is 0 Å². The Morgan fingerprint density at radius 1 is 1.36 bits per heavy atom. The Morgan fingerprint density at radius 2 is 2.07 bits per heavy atom. The molecule has 0 N–H and O–H groups in total. The summed E-state index contributed by atoms with van der Waals surface area (Å²) in [5, 5.41) is 0. The molecule has 0 bridgehead atoms. The molecule has 0 radical (unpaired) electrons. The number of nitrogens with zero attached hydrogens (tertiary/aromatic N) is 2. The second-order valence-electron chi connectivity index (χ2n) is 2.87. The molecule has 74 valence electrons. The minimum Gasteiger partial charge on any atom is -0.308 e. The van der Waals surface area contributed by atoms with Crippen molar-refractivity contribution in [3.05, 3.63) is 48.1 Å². The number of hydrogen-bond acceptors (Lipinski definition) is 2. The first-order valence-electron chi connectivity index (χ1n) is 4.86. The SMILES string of the molecule is C=C1C=C2N=CC=CN2C=C1C.CC. The van der Waals surface area contributed by atoms with Gasteiger partial charge in [0.2, 0.25) is 0 Å². The lowest BCUT2D eigenvalue weighted by molar-refractivity contribution is 0.603. The lowest BCUT2D eigenvalue weighted by atomic mass is 10.1. The molecule has 0 aromatic rings. The second-order valence-corrected chi connectivity index (χ2v) is 2.87. The predicted molar refractivity (Wildman–Crippen MR) is 61.8 cm³/mol. The molecule has 0 aromatic heterocycles. The molecule has 2 rings (SSSR count). The Morgan fingerprint density at radius 3 is 2.79 bits per heavy atom. The maximum atomic E-state index is 4.21. The fraction of sp³-hybridized carbons (Fsp3) is 0.250. The summed E-state index contributed by atoms with van der Waals surface area (Å²) in [5.41, 5.74) is 2.22. The van der Waals surface area contributed by atoms with Crippen LogP contribution in [0.25, 0.3) is 0 Å². The predicted octanol–water partition coefficient (Wildman–Crippen LogP) is 3.23. The van der Waals surface area contributed by atoms with Gasteiger partial charge < -0.3 is 4.90 Å². The van der Waals surface area contributed by atoms with Gasteiger partial charge in [-0.15, -0.1) is 0 Å². The van der Waals surface area contributed by atoms with Gasteiger partial charge in [0.05, 0.1) is 0 Å². The molecule has 2 aliphatic rings. The minimum absolute atomic E-state index is 0.938. The molecule has 0 fully saturated rings. The third kappa shape index (κ3) is 2.02. The smallest absolute Gasteiger partial charge is 0.137 e. The molecule has 0 spiro atoms. The number of aliphatic imine (C=N–C) groups is 1. The third-order valence-electron chi connectivity index (χ3n) is 1.95. The highest BCUT2D eigenvalue weighted by atomic mass is 15.2. The highest BCUT2D eigenvalue weighted by Gasteiger charge is 2.11. The van der Waals surface area contributed by atoms with Crippen molar-refractivity contribution in [3.63, 3.8) is 0 Å². The number of allylic oxidation sites excluding steroid dienone is 4. The highest BCUT2D eigenvalue weighted by molar-refractivity contribution is 5.74. The van der Waals surface area contributed by atoms with Crippen LogP contribution in [-0.4, -0.2) is 11.1 Å². The Hall–Kier alpha value is -1.57. The van der Waals surface area contributed by atoms with Crippen LogP contribution >= 0.6 is 0 Å². The van der Waals surface area contributed by atoms with Crippen LogP contribution in [0, 0.1) is 0 Å². The summed E-state index contributed by atoms with van der Waals surface area (Å²) in [6, 6.07) is 0. The molecule has 0 saturated heterocycles. The average Bonchev–Trinajstić information content (AvgIpc) is 2.23. The van der Waals surface area contributed by atoms with Crippen LogP contribution < -0.4 is 0 Å². The Labute approximate surface area is 85.6 Å². The fourth-order valence-corrected chi connectivity index (χ4v) is 1.18. The molecule has 2 heteroatoms. The van der Waals surface area contributed by atoms with Crippen LogP contribution in [-0.2, 0) is 0 Å². The largest absolute Gasteiger partial charge is 0.308 e. The fourth-order valence-electron chi connectivity index (χ4n) is 1.18. The summed E-state index contributed by atoms with van der Waals surface area (Å²) >= 11 is 0. The first kappa shape index (κ1) is 10.5. The van der Waals surface area contributed by atoms with E-state index in [1.54, 1.807) is 6.21 Å². The maximum Gasteiger partial charge on any atom is 0.137 e. The Balaban J connectivity index is 0.000000461. The van der Waals surface area contributed by atoms with Gasteiger partial charge in [0.15, 0.2) is 0 Å². The lowest BCUT2D eigenvalue weighted by Crippen LogP contribution is -2.15. The summed E-state index contributed by atoms with van der Waals surface area (Å²) < 4.78 is 0. The normalized spacial score (nSPS) is 17.9. The van der Waals surface area contributed by atoms with Gasteiger partial charge in [-0.25, -0.2) is 4.99 Å². The second kappa shape index (κ2) is 4.61. The molecule has 14 heavy (non-hydrogen) atoms. The van der Waals surface area contributed by atoms with Gasteiger partial charge in [0, 0.05) is 18.6 Å². The van der Waals surface area contributed by atoms with Crippen molar-refractivity contribution in [2.75, 3.05) is 0 Å². The topological polar surface area (TPSA) is 15.6 Å². The van der Waals surface area contributed by atoms with Crippen LogP contribution in [0.3, 0.4) is 0 Å². The quantitative estimate of drug-likeness (QED) is 0.570. The van der Waals surface area contributed by atoms with Crippen molar-refractivity contribution in [1.29, 1.82) is 0 Å². The van der Waals surface area contributed by atoms with E-state index in [0.29, 0.717) is 0 Å². The zero-order chi connectivity index (χ0) is 10.6. The summed E-state index contributed by atoms with van der Waals surface area (Å²) in [6.07, 6.45) is 9.69. The molecule has 0 saturated carbocycles. The molecule has 0 unspecified atom stereocenters. The van der Waals surface area contributed by atoms with Crippen molar-refractivity contribution < 1.29 is 0 Å². The zero-order valence-electron chi connectivity index (χ0n) is 8.99. The van der Waals surface area contributed by atoms with E-state index in [4.69, 9.17) is 0 Å². The average molecular weight is 188 g/mol. The standard InChI is InChI=1S/C10H10N2.C2H6/c1-8-6-10-11-4-3-5-12(10)7-9(8)2;1-2/h3-7H,1H2,2H3;1-2H3. The van der Waals surface area contributed by atoms with Gasteiger partial charge >= 0.3 is 0 Å². The molecular weight excluding hydrogens is 172 g/mol. The molecule has 0 atom stereocenters. The maximum absolute atomic E-state index is 4.21. The van der Waals surface area contributed by atoms with Crippen molar-refractivity contribution in [2.45, 2.75) is 20.8 Å². The Kier molecular flexibility index (Phi) is 3.46. The van der Waals surface area contributed by atoms with Gasteiger partial charge in [-0.2, -0.15) is 0 Å². The summed E-state index contributed by atoms with van der Waals surface area (Å²) in [5.74, 6) is 0.938. The zero-order valence-corrected chi connectivity index (χ0v) is 8.99. The summed E-state index contributed by atoms with van der Waals surface area (Å²) in [7, 11) is 0. The molecule has 2 aliphatic heterocycles. The van der Waals surface area contributed by atoms with Gasteiger partial charge in [0.1, 0.15) is 5.82 Å². The van der Waals surface area contributed by atoms with Crippen LogP contribution in [0.15, 0.2) is 53.1 Å². The van der Waals surface area contributed by atoms with Crippen LogP contribution in [0.5, 0.6) is 0 Å². The number of hydrogen-bond donors (Lipinski definition) is 0. The van der Waals surface area contributed by atoms with Gasteiger partial charge in [-0.05, 0) is 30.2 Å². The van der Waals surface area contributed by atoms with E-state index in [9.17, 15) is 0 Å². The van der Waals surface area contributed by atoms with Crippen LogP contribution in [0.4, 0.5) is 0 Å². The van der Waals surface area contributed by atoms with Gasteiger partial charge in [-0.3, -0.25) is 0 Å². The minimum atomic E-state index is 0.938. The molecule has 0 aromatic carbocycles. The van der Waals surface area contributed by atoms with Gasteiger partial charge in [-0.1, -0.05) is 20.4 Å². The molecule has 0 aliphatic carbocycles. The van der Waals surface area contributed by atoms with Crippen LogP contribution in [0.2, 0.25) is 0 Å². The van der Waals surface area contributed by atoms with E-state index in [0.717, 1.165) is 11.4 Å². The van der Waals surface area contributed by atoms with E-state index < -0.39 is 0 Å². The lowest BCUT2D eigenvalue weighted by Gasteiger charge is -2.23. The molecule has 0 amide bonds. The highest BCUT2D eigenvalue weighted by Crippen LogP contribution is 2.23. The molecule has 2 nitrogen and oxygen atoms in total. The Bertz CT molecular complexity index is 343. The van der Waals surface area contributed by atoms with Gasteiger partial charge in [0.25, 0.3) is 0 Å². The van der Waals surface area contributed by atoms with Crippen LogP contribution in [0.1, 0.15) is 20.8 Å². The summed E-state index contributed by atoms with van der Waals surface area (Å²) in [6.45, 7) is 9.96. The van der Waals surface area contributed by atoms with E-state index in [2.05, 4.69) is 11.6 Å². The van der Waals surface area contributed by atoms with E-state index in [1.165, 1.54) is 5.57 Å². The summed E-state index contributed by atoms with van der Waals surface area (Å²) in [4.78, 5) is 6.20.